The maximum absolute atomic E-state index is 13.0. The third-order valence-electron chi connectivity index (χ3n) is 5.12. The molecule has 1 atom stereocenters. The average molecular weight is 435 g/mol. The van der Waals surface area contributed by atoms with E-state index in [0.717, 1.165) is 28.7 Å². The summed E-state index contributed by atoms with van der Waals surface area (Å²) in [7, 11) is 3.23. The van der Waals surface area contributed by atoms with Crippen LogP contribution in [0.25, 0.3) is 0 Å². The molecule has 156 valence electrons. The third kappa shape index (κ3) is 5.11. The maximum Gasteiger partial charge on any atom is 0.235 e. The summed E-state index contributed by atoms with van der Waals surface area (Å²) in [5, 5.41) is 0.566. The number of ether oxygens (including phenoxy) is 2. The highest BCUT2D eigenvalue weighted by Crippen LogP contribution is 2.34. The number of methoxy groups -OCH3 is 2. The molecular weight excluding hydrogens is 408 g/mol. The summed E-state index contributed by atoms with van der Waals surface area (Å²) >= 11 is 7.70. The van der Waals surface area contributed by atoms with E-state index in [2.05, 4.69) is 11.8 Å². The summed E-state index contributed by atoms with van der Waals surface area (Å²) in [6.45, 7) is 7.08. The van der Waals surface area contributed by atoms with Gasteiger partial charge in [-0.25, -0.2) is 0 Å². The molecule has 0 unspecified atom stereocenters. The molecule has 0 N–H and O–H groups in total. The van der Waals surface area contributed by atoms with Gasteiger partial charge in [-0.05, 0) is 49.7 Å². The molecule has 5 nitrogen and oxygen atoms in total. The number of piperazine rings is 1. The van der Waals surface area contributed by atoms with E-state index in [1.807, 2.05) is 48.2 Å². The van der Waals surface area contributed by atoms with Gasteiger partial charge in [0.05, 0.1) is 19.5 Å². The van der Waals surface area contributed by atoms with E-state index in [-0.39, 0.29) is 11.2 Å². The number of carbonyl (C=O) groups is 1. The zero-order chi connectivity index (χ0) is 21.0. The monoisotopic (exact) mass is 434 g/mol. The van der Waals surface area contributed by atoms with Gasteiger partial charge < -0.3 is 19.3 Å². The lowest BCUT2D eigenvalue weighted by Gasteiger charge is -2.37. The predicted molar refractivity (Wildman–Crippen MR) is 120 cm³/mol. The summed E-state index contributed by atoms with van der Waals surface area (Å²) in [5.74, 6) is 1.51. The number of hydrogen-bond acceptors (Lipinski definition) is 5. The first-order chi connectivity index (χ1) is 13.9. The second-order valence-electron chi connectivity index (χ2n) is 7.02. The van der Waals surface area contributed by atoms with Crippen molar-refractivity contribution < 1.29 is 14.3 Å². The first kappa shape index (κ1) is 21.7. The summed E-state index contributed by atoms with van der Waals surface area (Å²) in [4.78, 5) is 18.2. The van der Waals surface area contributed by atoms with E-state index in [4.69, 9.17) is 21.1 Å². The molecule has 1 fully saturated rings. The van der Waals surface area contributed by atoms with Crippen LogP contribution < -0.4 is 14.4 Å². The quantitative estimate of drug-likeness (QED) is 0.626. The molecule has 0 bridgehead atoms. The highest BCUT2D eigenvalue weighted by Gasteiger charge is 2.26. The van der Waals surface area contributed by atoms with Gasteiger partial charge in [-0.1, -0.05) is 17.7 Å². The van der Waals surface area contributed by atoms with Crippen molar-refractivity contribution in [2.24, 2.45) is 0 Å². The number of halogens is 1. The van der Waals surface area contributed by atoms with Gasteiger partial charge >= 0.3 is 0 Å². The number of nitrogens with zero attached hydrogens (tertiary/aromatic N) is 2. The Morgan fingerprint density at radius 2 is 1.72 bits per heavy atom. The zero-order valence-electron chi connectivity index (χ0n) is 17.3. The van der Waals surface area contributed by atoms with Crippen molar-refractivity contribution in [2.75, 3.05) is 45.3 Å². The van der Waals surface area contributed by atoms with Crippen molar-refractivity contribution >= 4 is 35.0 Å². The van der Waals surface area contributed by atoms with Gasteiger partial charge in [-0.15, -0.1) is 11.8 Å². The topological polar surface area (TPSA) is 42.0 Å². The predicted octanol–water partition coefficient (Wildman–Crippen LogP) is 4.50. The normalized spacial score (nSPS) is 15.2. The van der Waals surface area contributed by atoms with Crippen LogP contribution in [0, 0.1) is 6.92 Å². The third-order valence-corrected chi connectivity index (χ3v) is 6.44. The number of thioether (sulfide) groups is 1. The molecule has 1 amide bonds. The molecule has 2 aromatic carbocycles. The molecule has 0 spiro atoms. The van der Waals surface area contributed by atoms with Crippen LogP contribution in [0.5, 0.6) is 11.5 Å². The molecule has 29 heavy (non-hydrogen) atoms. The fraction of sp³-hybridized carbons (Fsp3) is 0.409. The van der Waals surface area contributed by atoms with Crippen LogP contribution in [-0.4, -0.2) is 56.5 Å². The molecule has 1 heterocycles. The lowest BCUT2D eigenvalue weighted by Crippen LogP contribution is -2.50. The number of anilines is 1. The zero-order valence-corrected chi connectivity index (χ0v) is 18.8. The lowest BCUT2D eigenvalue weighted by atomic mass is 10.1. The number of aryl methyl sites for hydroxylation is 1. The van der Waals surface area contributed by atoms with Gasteiger partial charge in [0, 0.05) is 41.8 Å². The number of amides is 1. The van der Waals surface area contributed by atoms with E-state index in [0.29, 0.717) is 24.6 Å². The summed E-state index contributed by atoms with van der Waals surface area (Å²) in [6, 6.07) is 11.7. The largest absolute Gasteiger partial charge is 0.493 e. The van der Waals surface area contributed by atoms with Gasteiger partial charge in [0.2, 0.25) is 5.91 Å². The van der Waals surface area contributed by atoms with Crippen molar-refractivity contribution in [2.45, 2.75) is 24.0 Å². The van der Waals surface area contributed by atoms with Crippen LogP contribution in [0.4, 0.5) is 5.69 Å². The smallest absolute Gasteiger partial charge is 0.235 e. The van der Waals surface area contributed by atoms with Crippen molar-refractivity contribution in [3.8, 4) is 11.5 Å². The van der Waals surface area contributed by atoms with Crippen LogP contribution in [0.15, 0.2) is 41.3 Å². The Bertz CT molecular complexity index is 869. The van der Waals surface area contributed by atoms with Gasteiger partial charge in [0.15, 0.2) is 11.5 Å². The molecule has 0 aliphatic carbocycles. The SMILES string of the molecule is COc1ccc(S[C@H](C)C(=O)N2CCN(c3cc(Cl)ccc3C)CC2)cc1OC. The molecular formula is C22H27ClN2O3S. The highest BCUT2D eigenvalue weighted by atomic mass is 35.5. The van der Waals surface area contributed by atoms with Crippen molar-refractivity contribution in [3.63, 3.8) is 0 Å². The average Bonchev–Trinajstić information content (AvgIpc) is 2.74. The standard InChI is InChI=1S/C22H27ClN2O3S/c1-15-5-6-17(23)13-19(15)24-9-11-25(12-10-24)22(26)16(2)29-18-7-8-20(27-3)21(14-18)28-4/h5-8,13-14,16H,9-12H2,1-4H3/t16-/m1/s1. The minimum atomic E-state index is -0.174. The van der Waals surface area contributed by atoms with Crippen molar-refractivity contribution in [1.29, 1.82) is 0 Å². The molecule has 7 heteroatoms. The Kier molecular flexibility index (Phi) is 7.19. The molecule has 1 aliphatic rings. The van der Waals surface area contributed by atoms with E-state index >= 15 is 0 Å². The molecule has 0 radical (unpaired) electrons. The second-order valence-corrected chi connectivity index (χ2v) is 8.87. The summed E-state index contributed by atoms with van der Waals surface area (Å²) in [5.41, 5.74) is 2.35. The Labute approximate surface area is 181 Å². The maximum atomic E-state index is 13.0. The molecule has 1 saturated heterocycles. The number of rotatable bonds is 6. The Morgan fingerprint density at radius 3 is 2.38 bits per heavy atom. The fourth-order valence-electron chi connectivity index (χ4n) is 3.49. The number of benzene rings is 2. The highest BCUT2D eigenvalue weighted by molar-refractivity contribution is 8.00. The minimum Gasteiger partial charge on any atom is -0.493 e. The first-order valence-electron chi connectivity index (χ1n) is 9.61. The van der Waals surface area contributed by atoms with Crippen LogP contribution >= 0.6 is 23.4 Å². The molecule has 0 aromatic heterocycles. The second kappa shape index (κ2) is 9.63. The molecule has 0 saturated carbocycles. The van der Waals surface area contributed by atoms with Crippen LogP contribution in [-0.2, 0) is 4.79 Å². The van der Waals surface area contributed by atoms with E-state index < -0.39 is 0 Å². The lowest BCUT2D eigenvalue weighted by molar-refractivity contribution is -0.130. The van der Waals surface area contributed by atoms with E-state index in [1.165, 1.54) is 17.3 Å². The Morgan fingerprint density at radius 1 is 1.03 bits per heavy atom. The van der Waals surface area contributed by atoms with Crippen molar-refractivity contribution in [3.05, 3.63) is 47.0 Å². The molecule has 2 aromatic rings. The van der Waals surface area contributed by atoms with Gasteiger partial charge in [0.25, 0.3) is 0 Å². The molecule has 1 aliphatic heterocycles. The van der Waals surface area contributed by atoms with Crippen LogP contribution in [0.1, 0.15) is 12.5 Å². The Balaban J connectivity index is 1.59. The number of carbonyl (C=O) groups excluding carboxylic acids is 1. The summed E-state index contributed by atoms with van der Waals surface area (Å²) < 4.78 is 10.6. The molecule has 3 rings (SSSR count). The van der Waals surface area contributed by atoms with E-state index in [1.54, 1.807) is 14.2 Å². The Hall–Kier alpha value is -2.05. The van der Waals surface area contributed by atoms with Gasteiger partial charge in [0.1, 0.15) is 0 Å². The van der Waals surface area contributed by atoms with E-state index in [9.17, 15) is 4.79 Å². The van der Waals surface area contributed by atoms with Gasteiger partial charge in [-0.2, -0.15) is 0 Å². The van der Waals surface area contributed by atoms with Crippen LogP contribution in [0.2, 0.25) is 5.02 Å². The van der Waals surface area contributed by atoms with Crippen LogP contribution in [0.3, 0.4) is 0 Å². The number of hydrogen-bond donors (Lipinski definition) is 0. The first-order valence-corrected chi connectivity index (χ1v) is 10.9. The van der Waals surface area contributed by atoms with Gasteiger partial charge in [-0.3, -0.25) is 4.79 Å². The van der Waals surface area contributed by atoms with Crippen molar-refractivity contribution in [1.82, 2.24) is 4.90 Å². The minimum absolute atomic E-state index is 0.159. The fourth-order valence-corrected chi connectivity index (χ4v) is 4.64. The summed E-state index contributed by atoms with van der Waals surface area (Å²) in [6.07, 6.45) is 0.